The standard InChI is InChI=1S/C16H13N5O3/c1-23-14-7-10(4-5-12(14)22)11-9-21(17)15(8-18-11)19-16(20-21)13-3-2-6-24-13/h2-9H,17H2,1H3/p+1. The summed E-state index contributed by atoms with van der Waals surface area (Å²) in [5, 5.41) is 14.1. The fourth-order valence-electron chi connectivity index (χ4n) is 2.48. The Balaban J connectivity index is 1.74. The highest BCUT2D eigenvalue weighted by molar-refractivity contribution is 6.32. The quantitative estimate of drug-likeness (QED) is 0.663. The Morgan fingerprint density at radius 1 is 1.29 bits per heavy atom. The number of ether oxygens (including phenoxy) is 1. The fraction of sp³-hybridized carbons (Fsp3) is 0.0625. The summed E-state index contributed by atoms with van der Waals surface area (Å²) in [6.07, 6.45) is 4.78. The van der Waals surface area contributed by atoms with E-state index in [4.69, 9.17) is 15.0 Å². The molecule has 0 spiro atoms. The lowest BCUT2D eigenvalue weighted by atomic mass is 10.1. The van der Waals surface area contributed by atoms with Crippen molar-refractivity contribution < 1.29 is 19.0 Å². The van der Waals surface area contributed by atoms with Gasteiger partial charge in [0.05, 0.1) is 13.4 Å². The average Bonchev–Trinajstić information content (AvgIpc) is 3.21. The lowest BCUT2D eigenvalue weighted by molar-refractivity contribution is -0.802. The first-order valence-electron chi connectivity index (χ1n) is 7.14. The van der Waals surface area contributed by atoms with Crippen LogP contribution in [0.3, 0.4) is 0 Å². The van der Waals surface area contributed by atoms with Crippen molar-refractivity contribution in [1.82, 2.24) is 0 Å². The number of phenols is 1. The topological polar surface area (TPSA) is 106 Å². The van der Waals surface area contributed by atoms with Crippen LogP contribution in [-0.4, -0.2) is 34.8 Å². The van der Waals surface area contributed by atoms with Gasteiger partial charge in [-0.3, -0.25) is 0 Å². The van der Waals surface area contributed by atoms with E-state index < -0.39 is 0 Å². The molecule has 2 aliphatic rings. The zero-order valence-corrected chi connectivity index (χ0v) is 12.7. The molecule has 8 heteroatoms. The number of nitrogens with zero attached hydrogens (tertiary/aromatic N) is 4. The molecule has 2 aliphatic heterocycles. The van der Waals surface area contributed by atoms with Crippen molar-refractivity contribution in [2.24, 2.45) is 20.9 Å². The van der Waals surface area contributed by atoms with Crippen LogP contribution < -0.4 is 10.6 Å². The first-order chi connectivity index (χ1) is 11.6. The van der Waals surface area contributed by atoms with Crippen LogP contribution in [0.5, 0.6) is 11.5 Å². The van der Waals surface area contributed by atoms with Crippen molar-refractivity contribution in [3.63, 3.8) is 0 Å². The number of benzene rings is 1. The molecule has 4 rings (SSSR count). The Bertz CT molecular complexity index is 927. The molecule has 120 valence electrons. The maximum Gasteiger partial charge on any atom is 0.300 e. The lowest BCUT2D eigenvalue weighted by Crippen LogP contribution is -2.50. The minimum Gasteiger partial charge on any atom is -0.504 e. The Kier molecular flexibility index (Phi) is 3.08. The largest absolute Gasteiger partial charge is 0.504 e. The number of furan rings is 1. The number of methoxy groups -OCH3 is 1. The van der Waals surface area contributed by atoms with Crippen molar-refractivity contribution in [1.29, 1.82) is 0 Å². The molecular formula is C16H14N5O3+. The van der Waals surface area contributed by atoms with Crippen LogP contribution in [0, 0.1) is 0 Å². The molecule has 0 fully saturated rings. The van der Waals surface area contributed by atoms with E-state index in [9.17, 15) is 5.11 Å². The van der Waals surface area contributed by atoms with Gasteiger partial charge in [-0.2, -0.15) is 4.99 Å². The Morgan fingerprint density at radius 2 is 2.17 bits per heavy atom. The van der Waals surface area contributed by atoms with E-state index in [1.165, 1.54) is 13.2 Å². The van der Waals surface area contributed by atoms with E-state index in [0.29, 0.717) is 28.9 Å². The first-order valence-corrected chi connectivity index (χ1v) is 7.14. The third-order valence-corrected chi connectivity index (χ3v) is 3.70. The molecule has 3 N–H and O–H groups in total. The molecule has 0 radical (unpaired) electrons. The van der Waals surface area contributed by atoms with Crippen LogP contribution in [-0.2, 0) is 0 Å². The van der Waals surface area contributed by atoms with Gasteiger partial charge in [0.25, 0.3) is 11.7 Å². The molecule has 2 aromatic rings. The van der Waals surface area contributed by atoms with Crippen molar-refractivity contribution in [2.45, 2.75) is 0 Å². The number of nitrogens with two attached hydrogens (primary N) is 1. The van der Waals surface area contributed by atoms with Gasteiger partial charge >= 0.3 is 0 Å². The first kappa shape index (κ1) is 14.4. The van der Waals surface area contributed by atoms with Crippen LogP contribution in [0.25, 0.3) is 5.70 Å². The number of fused-ring (bicyclic) bond motifs is 1. The van der Waals surface area contributed by atoms with Gasteiger partial charge in [-0.15, -0.1) is 5.84 Å². The molecule has 0 saturated carbocycles. The summed E-state index contributed by atoms with van der Waals surface area (Å²) in [6, 6.07) is 8.47. The summed E-state index contributed by atoms with van der Waals surface area (Å²) < 4.78 is 10.1. The lowest BCUT2D eigenvalue weighted by Gasteiger charge is -2.20. The van der Waals surface area contributed by atoms with Crippen molar-refractivity contribution in [2.75, 3.05) is 7.11 Å². The molecule has 8 nitrogen and oxygen atoms in total. The molecule has 24 heavy (non-hydrogen) atoms. The summed E-state index contributed by atoms with van der Waals surface area (Å²) in [5.41, 5.74) is 1.34. The van der Waals surface area contributed by atoms with Crippen molar-refractivity contribution in [3.8, 4) is 11.5 Å². The third-order valence-electron chi connectivity index (χ3n) is 3.70. The molecule has 0 bridgehead atoms. The minimum atomic E-state index is -0.349. The Morgan fingerprint density at radius 3 is 2.92 bits per heavy atom. The second-order valence-electron chi connectivity index (χ2n) is 5.27. The van der Waals surface area contributed by atoms with Crippen molar-refractivity contribution in [3.05, 3.63) is 54.1 Å². The van der Waals surface area contributed by atoms with Gasteiger partial charge < -0.3 is 14.3 Å². The van der Waals surface area contributed by atoms with E-state index in [0.717, 1.165) is 5.56 Å². The number of quaternary nitrogens is 1. The molecule has 0 aliphatic carbocycles. The highest BCUT2D eigenvalue weighted by Crippen LogP contribution is 2.32. The second kappa shape index (κ2) is 5.15. The van der Waals surface area contributed by atoms with Crippen LogP contribution in [0.15, 0.2) is 62.3 Å². The monoisotopic (exact) mass is 324 g/mol. The van der Waals surface area contributed by atoms with Crippen LogP contribution >= 0.6 is 0 Å². The highest BCUT2D eigenvalue weighted by Gasteiger charge is 2.40. The van der Waals surface area contributed by atoms with Gasteiger partial charge in [-0.1, -0.05) is 0 Å². The smallest absolute Gasteiger partial charge is 0.300 e. The predicted octanol–water partition coefficient (Wildman–Crippen LogP) is 1.84. The van der Waals surface area contributed by atoms with Crippen LogP contribution in [0.1, 0.15) is 11.3 Å². The number of hydrogen-bond acceptors (Lipinski definition) is 7. The second-order valence-corrected chi connectivity index (χ2v) is 5.27. The third kappa shape index (κ3) is 2.21. The van der Waals surface area contributed by atoms with Crippen LogP contribution in [0.4, 0.5) is 0 Å². The summed E-state index contributed by atoms with van der Waals surface area (Å²) in [6.45, 7) is 0. The number of hydrogen-bond donors (Lipinski definition) is 2. The van der Waals surface area contributed by atoms with E-state index in [1.54, 1.807) is 42.9 Å². The zero-order valence-electron chi connectivity index (χ0n) is 12.7. The molecule has 1 aromatic heterocycles. The summed E-state index contributed by atoms with van der Waals surface area (Å²) >= 11 is 0. The Hall–Kier alpha value is -3.23. The van der Waals surface area contributed by atoms with Crippen molar-refractivity contribution >= 4 is 23.6 Å². The van der Waals surface area contributed by atoms with Gasteiger partial charge in [0.15, 0.2) is 23.5 Å². The zero-order chi connectivity index (χ0) is 16.7. The van der Waals surface area contributed by atoms with Crippen LogP contribution in [0.2, 0.25) is 0 Å². The number of rotatable bonds is 3. The normalized spacial score (nSPS) is 21.8. The molecule has 1 atom stereocenters. The molecular weight excluding hydrogens is 310 g/mol. The molecule has 1 aromatic carbocycles. The number of aliphatic imine (C=N–C) groups is 2. The van der Waals surface area contributed by atoms with E-state index in [2.05, 4.69) is 15.1 Å². The predicted molar refractivity (Wildman–Crippen MR) is 88.3 cm³/mol. The molecule has 1 unspecified atom stereocenters. The fourth-order valence-corrected chi connectivity index (χ4v) is 2.48. The summed E-state index contributed by atoms with van der Waals surface area (Å²) in [7, 11) is 1.49. The van der Waals surface area contributed by atoms with Gasteiger partial charge in [0.1, 0.15) is 11.9 Å². The van der Waals surface area contributed by atoms with Gasteiger partial charge in [0.2, 0.25) is 0 Å². The van der Waals surface area contributed by atoms with Gasteiger partial charge in [-0.05, 0) is 40.1 Å². The summed E-state index contributed by atoms with van der Waals surface area (Å²) in [4.78, 5) is 8.74. The van der Waals surface area contributed by atoms with Gasteiger partial charge in [0, 0.05) is 5.56 Å². The summed E-state index contributed by atoms with van der Waals surface area (Å²) in [5.74, 6) is 8.15. The SMILES string of the molecule is COc1cc(C2=C[N+]3(N)N=C(c4ccco4)N=C3C=N2)ccc1O. The highest BCUT2D eigenvalue weighted by atomic mass is 16.5. The molecule has 0 saturated heterocycles. The Labute approximate surface area is 137 Å². The number of phenolic OH excluding ortho intramolecular Hbond substituents is 1. The molecule has 3 heterocycles. The maximum absolute atomic E-state index is 9.71. The number of aromatic hydroxyl groups is 1. The van der Waals surface area contributed by atoms with Gasteiger partial charge in [-0.25, -0.2) is 4.99 Å². The van der Waals surface area contributed by atoms with E-state index >= 15 is 0 Å². The van der Waals surface area contributed by atoms with E-state index in [-0.39, 0.29) is 10.5 Å². The van der Waals surface area contributed by atoms with E-state index in [1.807, 2.05) is 0 Å². The molecule has 0 amide bonds. The average molecular weight is 324 g/mol. The number of amidine groups is 2. The minimum absolute atomic E-state index is 0.0554. The maximum atomic E-state index is 9.71.